The Hall–Kier alpha value is -1.16. The lowest BCUT2D eigenvalue weighted by Gasteiger charge is -2.14. The molecule has 1 aromatic rings. The molecule has 1 aromatic carbocycles. The third kappa shape index (κ3) is 5.45. The van der Waals surface area contributed by atoms with Gasteiger partial charge in [0.1, 0.15) is 0 Å². The largest absolute Gasteiger partial charge is 0.370 e. The first-order valence-electron chi connectivity index (χ1n) is 7.39. The van der Waals surface area contributed by atoms with Gasteiger partial charge in [0.2, 0.25) is 0 Å². The number of benzene rings is 1. The molecular weight excluding hydrogens is 266 g/mol. The second kappa shape index (κ2) is 9.70. The molecule has 0 radical (unpaired) electrons. The van der Waals surface area contributed by atoms with Crippen LogP contribution in [-0.2, 0) is 12.8 Å². The molecule has 0 spiro atoms. The van der Waals surface area contributed by atoms with E-state index in [4.69, 9.17) is 5.73 Å². The van der Waals surface area contributed by atoms with Gasteiger partial charge < -0.3 is 11.1 Å². The Morgan fingerprint density at radius 2 is 1.85 bits per heavy atom. The predicted molar refractivity (Wildman–Crippen MR) is 92.9 cm³/mol. The van der Waals surface area contributed by atoms with E-state index in [1.54, 1.807) is 0 Å². The number of para-hydroxylation sites is 1. The maximum Gasteiger partial charge on any atom is 0.193 e. The van der Waals surface area contributed by atoms with E-state index in [0.29, 0.717) is 5.96 Å². The van der Waals surface area contributed by atoms with Crippen molar-refractivity contribution in [3.63, 3.8) is 0 Å². The molecule has 3 nitrogen and oxygen atoms in total. The summed E-state index contributed by atoms with van der Waals surface area (Å²) in [5.41, 5.74) is 9.74. The van der Waals surface area contributed by atoms with E-state index in [2.05, 4.69) is 48.6 Å². The molecule has 112 valence electrons. The van der Waals surface area contributed by atoms with Crippen LogP contribution in [0.15, 0.2) is 23.2 Å². The zero-order valence-corrected chi connectivity index (χ0v) is 13.7. The molecule has 0 aromatic heterocycles. The van der Waals surface area contributed by atoms with Crippen LogP contribution in [-0.4, -0.2) is 24.5 Å². The van der Waals surface area contributed by atoms with E-state index >= 15 is 0 Å². The molecular formula is C16H27N3S. The molecule has 0 atom stereocenters. The molecule has 0 aliphatic heterocycles. The van der Waals surface area contributed by atoms with Crippen molar-refractivity contribution in [2.24, 2.45) is 10.7 Å². The monoisotopic (exact) mass is 293 g/mol. The number of aliphatic imine (C=N–C) groups is 1. The van der Waals surface area contributed by atoms with Crippen LogP contribution in [0.1, 0.15) is 37.8 Å². The highest BCUT2D eigenvalue weighted by molar-refractivity contribution is 7.98. The molecule has 0 saturated heterocycles. The Labute approximate surface area is 127 Å². The molecule has 0 aliphatic carbocycles. The van der Waals surface area contributed by atoms with Crippen LogP contribution in [0.5, 0.6) is 0 Å². The summed E-state index contributed by atoms with van der Waals surface area (Å²) in [7, 11) is 0. The number of nitrogens with one attached hydrogen (secondary N) is 1. The Bertz CT molecular complexity index is 407. The summed E-state index contributed by atoms with van der Waals surface area (Å²) in [5.74, 6) is 1.73. The second-order valence-corrected chi connectivity index (χ2v) is 5.74. The van der Waals surface area contributed by atoms with Gasteiger partial charge in [-0.1, -0.05) is 32.0 Å². The minimum Gasteiger partial charge on any atom is -0.370 e. The topological polar surface area (TPSA) is 50.4 Å². The lowest BCUT2D eigenvalue weighted by molar-refractivity contribution is 0.815. The second-order valence-electron chi connectivity index (χ2n) is 4.75. The number of unbranched alkanes of at least 4 members (excludes halogenated alkanes) is 1. The maximum atomic E-state index is 6.00. The van der Waals surface area contributed by atoms with Crippen molar-refractivity contribution in [2.45, 2.75) is 39.5 Å². The summed E-state index contributed by atoms with van der Waals surface area (Å²) in [5, 5.41) is 3.29. The van der Waals surface area contributed by atoms with Crippen molar-refractivity contribution >= 4 is 23.4 Å². The fraction of sp³-hybridized carbons (Fsp3) is 0.562. The number of thioether (sulfide) groups is 1. The highest BCUT2D eigenvalue weighted by Crippen LogP contribution is 2.22. The molecule has 1 rings (SSSR count). The zero-order valence-electron chi connectivity index (χ0n) is 12.9. The first kappa shape index (κ1) is 16.9. The Balaban J connectivity index is 2.64. The van der Waals surface area contributed by atoms with Crippen molar-refractivity contribution in [1.82, 2.24) is 0 Å². The van der Waals surface area contributed by atoms with Crippen LogP contribution >= 0.6 is 11.8 Å². The summed E-state index contributed by atoms with van der Waals surface area (Å²) in [4.78, 5) is 4.42. The lowest BCUT2D eigenvalue weighted by atomic mass is 10.0. The number of aryl methyl sites for hydroxylation is 2. The number of anilines is 1. The Kier molecular flexibility index (Phi) is 8.19. The van der Waals surface area contributed by atoms with Gasteiger partial charge in [0.15, 0.2) is 5.96 Å². The summed E-state index contributed by atoms with van der Waals surface area (Å²) in [6, 6.07) is 6.40. The molecule has 3 N–H and O–H groups in total. The van der Waals surface area contributed by atoms with Gasteiger partial charge in [-0.15, -0.1) is 0 Å². The molecule has 20 heavy (non-hydrogen) atoms. The SMILES string of the molecule is CCc1cccc(CC)c1NC(N)=NCCCCSC. The molecule has 4 heteroatoms. The third-order valence-corrected chi connectivity index (χ3v) is 3.99. The van der Waals surface area contributed by atoms with Gasteiger partial charge in [-0.3, -0.25) is 4.99 Å². The van der Waals surface area contributed by atoms with Crippen LogP contribution in [0, 0.1) is 0 Å². The smallest absolute Gasteiger partial charge is 0.193 e. The van der Waals surface area contributed by atoms with Crippen LogP contribution < -0.4 is 11.1 Å². The van der Waals surface area contributed by atoms with Gasteiger partial charge in [0, 0.05) is 12.2 Å². The van der Waals surface area contributed by atoms with Crippen molar-refractivity contribution in [1.29, 1.82) is 0 Å². The Morgan fingerprint density at radius 3 is 2.40 bits per heavy atom. The fourth-order valence-corrected chi connectivity index (χ4v) is 2.62. The van der Waals surface area contributed by atoms with E-state index in [1.807, 2.05) is 11.8 Å². The van der Waals surface area contributed by atoms with Crippen molar-refractivity contribution in [3.05, 3.63) is 29.3 Å². The Morgan fingerprint density at radius 1 is 1.20 bits per heavy atom. The van der Waals surface area contributed by atoms with E-state index in [-0.39, 0.29) is 0 Å². The normalized spacial score (nSPS) is 11.7. The van der Waals surface area contributed by atoms with Gasteiger partial charge in [-0.25, -0.2) is 0 Å². The number of hydrogen-bond acceptors (Lipinski definition) is 2. The van der Waals surface area contributed by atoms with Crippen LogP contribution in [0.4, 0.5) is 5.69 Å². The number of nitrogens with two attached hydrogens (primary N) is 1. The first-order chi connectivity index (χ1) is 9.72. The van der Waals surface area contributed by atoms with E-state index in [1.165, 1.54) is 23.3 Å². The molecule has 0 unspecified atom stereocenters. The van der Waals surface area contributed by atoms with E-state index < -0.39 is 0 Å². The van der Waals surface area contributed by atoms with E-state index in [9.17, 15) is 0 Å². The maximum absolute atomic E-state index is 6.00. The van der Waals surface area contributed by atoms with Crippen molar-refractivity contribution in [2.75, 3.05) is 23.9 Å². The molecule has 0 aliphatic rings. The minimum atomic E-state index is 0.532. The van der Waals surface area contributed by atoms with Gasteiger partial charge in [0.05, 0.1) is 0 Å². The number of rotatable bonds is 8. The highest BCUT2D eigenvalue weighted by atomic mass is 32.2. The van der Waals surface area contributed by atoms with Gasteiger partial charge in [-0.05, 0) is 48.8 Å². The molecule has 0 fully saturated rings. The molecule has 0 amide bonds. The average Bonchev–Trinajstić information content (AvgIpc) is 2.47. The summed E-state index contributed by atoms with van der Waals surface area (Å²) in [6.45, 7) is 5.13. The zero-order chi connectivity index (χ0) is 14.8. The summed E-state index contributed by atoms with van der Waals surface area (Å²) < 4.78 is 0. The number of guanidine groups is 1. The van der Waals surface area contributed by atoms with Crippen LogP contribution in [0.3, 0.4) is 0 Å². The highest BCUT2D eigenvalue weighted by Gasteiger charge is 2.06. The lowest BCUT2D eigenvalue weighted by Crippen LogP contribution is -2.24. The van der Waals surface area contributed by atoms with Gasteiger partial charge in [0.25, 0.3) is 0 Å². The first-order valence-corrected chi connectivity index (χ1v) is 8.78. The van der Waals surface area contributed by atoms with Crippen LogP contribution in [0.25, 0.3) is 0 Å². The van der Waals surface area contributed by atoms with Gasteiger partial charge in [-0.2, -0.15) is 11.8 Å². The number of nitrogens with zero attached hydrogens (tertiary/aromatic N) is 1. The van der Waals surface area contributed by atoms with E-state index in [0.717, 1.165) is 31.5 Å². The molecule has 0 saturated carbocycles. The quantitative estimate of drug-likeness (QED) is 0.437. The number of hydrogen-bond donors (Lipinski definition) is 2. The van der Waals surface area contributed by atoms with Crippen molar-refractivity contribution in [3.8, 4) is 0 Å². The summed E-state index contributed by atoms with van der Waals surface area (Å²) >= 11 is 1.88. The third-order valence-electron chi connectivity index (χ3n) is 3.29. The predicted octanol–water partition coefficient (Wildman–Crippen LogP) is 3.68. The van der Waals surface area contributed by atoms with Crippen molar-refractivity contribution < 1.29 is 0 Å². The molecule has 0 heterocycles. The summed E-state index contributed by atoms with van der Waals surface area (Å²) in [6.07, 6.45) is 6.42. The standard InChI is InChI=1S/C16H27N3S/c1-4-13-9-8-10-14(5-2)15(13)19-16(17)18-11-6-7-12-20-3/h8-10H,4-7,11-12H2,1-3H3,(H3,17,18,19). The fourth-order valence-electron chi connectivity index (χ4n) is 2.13. The van der Waals surface area contributed by atoms with Gasteiger partial charge >= 0.3 is 0 Å². The van der Waals surface area contributed by atoms with Crippen LogP contribution in [0.2, 0.25) is 0 Å². The minimum absolute atomic E-state index is 0.532. The molecule has 0 bridgehead atoms. The average molecular weight is 293 g/mol.